The van der Waals surface area contributed by atoms with Crippen molar-refractivity contribution in [1.82, 2.24) is 9.80 Å². The summed E-state index contributed by atoms with van der Waals surface area (Å²) in [5, 5.41) is 29.3. The lowest BCUT2D eigenvalue weighted by Crippen LogP contribution is -2.38. The van der Waals surface area contributed by atoms with Crippen molar-refractivity contribution >= 4 is 40.5 Å². The predicted molar refractivity (Wildman–Crippen MR) is 159 cm³/mol. The molecule has 42 heavy (non-hydrogen) atoms. The van der Waals surface area contributed by atoms with Gasteiger partial charge in [0.2, 0.25) is 5.91 Å². The standard InChI is InChI=1S/C30H36FN3O7.BrH/c1-6-40-22-12-17-13-33(28(32)24(17)25(31)27(22)41-7-2)15-21(35)16-10-18(26(37)19(11-16)30(3,4)5)14-34-20(29(38)39)8-9-23(34)36;/h10-12,20,32,37H,6-9,13-15H2,1-5H3,(H,38,39);1H. The molecule has 4 rings (SSSR count). The van der Waals surface area contributed by atoms with Crippen molar-refractivity contribution in [2.24, 2.45) is 0 Å². The number of hydrogen-bond acceptors (Lipinski definition) is 7. The number of hydrogen-bond donors (Lipinski definition) is 3. The van der Waals surface area contributed by atoms with Crippen LogP contribution >= 0.6 is 17.0 Å². The molecule has 0 spiro atoms. The highest BCUT2D eigenvalue weighted by atomic mass is 79.9. The molecule has 2 heterocycles. The number of rotatable bonds is 10. The molecule has 1 amide bonds. The molecule has 0 aromatic heterocycles. The fourth-order valence-corrected chi connectivity index (χ4v) is 5.34. The molecule has 2 aromatic carbocycles. The first-order valence-corrected chi connectivity index (χ1v) is 13.6. The van der Waals surface area contributed by atoms with E-state index in [1.165, 1.54) is 15.9 Å². The molecular formula is C30H37BrFN3O7. The Morgan fingerprint density at radius 3 is 2.40 bits per heavy atom. The topological polar surface area (TPSA) is 140 Å². The summed E-state index contributed by atoms with van der Waals surface area (Å²) in [6.45, 7) is 9.30. The summed E-state index contributed by atoms with van der Waals surface area (Å²) >= 11 is 0. The highest BCUT2D eigenvalue weighted by molar-refractivity contribution is 8.93. The number of fused-ring (bicyclic) bond motifs is 1. The quantitative estimate of drug-likeness (QED) is 0.312. The second kappa shape index (κ2) is 12.7. The van der Waals surface area contributed by atoms with Crippen LogP contribution in [0.1, 0.15) is 80.1 Å². The van der Waals surface area contributed by atoms with Gasteiger partial charge in [-0.3, -0.25) is 15.0 Å². The lowest BCUT2D eigenvalue weighted by atomic mass is 9.83. The number of ketones is 1. The molecule has 1 fully saturated rings. The summed E-state index contributed by atoms with van der Waals surface area (Å²) in [4.78, 5) is 40.4. The Hall–Kier alpha value is -3.67. The molecule has 0 radical (unpaired) electrons. The summed E-state index contributed by atoms with van der Waals surface area (Å²) in [5.41, 5.74) is 0.929. The van der Waals surface area contributed by atoms with Crippen molar-refractivity contribution in [2.75, 3.05) is 19.8 Å². The number of ether oxygens (including phenoxy) is 2. The fraction of sp³-hybridized carbons (Fsp3) is 0.467. The first kappa shape index (κ1) is 32.8. The van der Waals surface area contributed by atoms with Crippen LogP contribution in [-0.4, -0.2) is 69.3 Å². The van der Waals surface area contributed by atoms with E-state index in [-0.39, 0.29) is 108 Å². The van der Waals surface area contributed by atoms with Crippen LogP contribution in [-0.2, 0) is 28.1 Å². The molecule has 1 unspecified atom stereocenters. The Balaban J connectivity index is 0.00000484. The highest BCUT2D eigenvalue weighted by Crippen LogP contribution is 2.40. The Labute approximate surface area is 254 Å². The normalized spacial score (nSPS) is 16.4. The lowest BCUT2D eigenvalue weighted by molar-refractivity contribution is -0.146. The van der Waals surface area contributed by atoms with E-state index in [4.69, 9.17) is 14.9 Å². The zero-order valence-electron chi connectivity index (χ0n) is 24.4. The summed E-state index contributed by atoms with van der Waals surface area (Å²) in [7, 11) is 0. The number of carbonyl (C=O) groups is 3. The minimum atomic E-state index is -1.13. The number of aromatic hydroxyl groups is 1. The maximum Gasteiger partial charge on any atom is 0.326 e. The Morgan fingerprint density at radius 2 is 1.81 bits per heavy atom. The van der Waals surface area contributed by atoms with Crippen LogP contribution in [0.2, 0.25) is 0 Å². The maximum absolute atomic E-state index is 15.5. The van der Waals surface area contributed by atoms with Gasteiger partial charge >= 0.3 is 5.97 Å². The number of phenols is 1. The molecule has 2 aromatic rings. The first-order chi connectivity index (χ1) is 19.3. The Bertz CT molecular complexity index is 1420. The van der Waals surface area contributed by atoms with E-state index in [1.807, 2.05) is 20.8 Å². The molecule has 1 atom stereocenters. The molecule has 0 bridgehead atoms. The lowest BCUT2D eigenvalue weighted by Gasteiger charge is -2.27. The number of carboxylic acid groups (broad SMARTS) is 1. The average molecular weight is 651 g/mol. The second-order valence-corrected chi connectivity index (χ2v) is 11.2. The van der Waals surface area contributed by atoms with Gasteiger partial charge in [0, 0.05) is 29.7 Å². The smallest absolute Gasteiger partial charge is 0.326 e. The molecule has 2 aliphatic rings. The molecule has 1 saturated heterocycles. The SMILES string of the molecule is Br.CCOc1cc2c(c(F)c1OCC)C(=N)N(CC(=O)c1cc(CN3C(=O)CCC3C(=O)O)c(O)c(C(C)(C)C)c1)C2. The molecular weight excluding hydrogens is 613 g/mol. The van der Waals surface area contributed by atoms with Gasteiger partial charge in [-0.1, -0.05) is 20.8 Å². The van der Waals surface area contributed by atoms with Gasteiger partial charge < -0.3 is 29.5 Å². The Morgan fingerprint density at radius 1 is 1.14 bits per heavy atom. The van der Waals surface area contributed by atoms with Gasteiger partial charge in [0.05, 0.1) is 31.9 Å². The van der Waals surface area contributed by atoms with Crippen LogP contribution in [0.4, 0.5) is 4.39 Å². The summed E-state index contributed by atoms with van der Waals surface area (Å²) in [6, 6.07) is 3.66. The van der Waals surface area contributed by atoms with Crippen LogP contribution < -0.4 is 9.47 Å². The number of Topliss-reactive ketones (excluding diaryl/α,β-unsaturated/α-hetero) is 1. The number of nitrogens with zero attached hydrogens (tertiary/aromatic N) is 2. The predicted octanol–water partition coefficient (Wildman–Crippen LogP) is 4.80. The first-order valence-electron chi connectivity index (χ1n) is 13.6. The van der Waals surface area contributed by atoms with E-state index in [2.05, 4.69) is 0 Å². The van der Waals surface area contributed by atoms with Gasteiger partial charge in [0.15, 0.2) is 23.1 Å². The third kappa shape index (κ3) is 6.23. The van der Waals surface area contributed by atoms with Gasteiger partial charge in [-0.25, -0.2) is 9.18 Å². The minimum Gasteiger partial charge on any atom is -0.507 e. The van der Waals surface area contributed by atoms with E-state index < -0.39 is 23.2 Å². The number of likely N-dealkylation sites (tertiary alicyclic amines) is 1. The Kier molecular flexibility index (Phi) is 9.92. The number of carbonyl (C=O) groups excluding carboxylic acids is 2. The van der Waals surface area contributed by atoms with Crippen molar-refractivity contribution in [3.8, 4) is 17.2 Å². The monoisotopic (exact) mass is 649 g/mol. The summed E-state index contributed by atoms with van der Waals surface area (Å²) < 4.78 is 26.5. The van der Waals surface area contributed by atoms with Crippen molar-refractivity contribution in [1.29, 1.82) is 5.41 Å². The average Bonchev–Trinajstić information content (AvgIpc) is 3.41. The highest BCUT2D eigenvalue weighted by Gasteiger charge is 2.37. The minimum absolute atomic E-state index is 0. The number of benzene rings is 2. The van der Waals surface area contributed by atoms with Crippen LogP contribution in [0.15, 0.2) is 18.2 Å². The largest absolute Gasteiger partial charge is 0.507 e. The van der Waals surface area contributed by atoms with Gasteiger partial charge in [-0.05, 0) is 49.4 Å². The maximum atomic E-state index is 15.5. The summed E-state index contributed by atoms with van der Waals surface area (Å²) in [6.07, 6.45) is 0.260. The molecule has 0 saturated carbocycles. The van der Waals surface area contributed by atoms with E-state index in [1.54, 1.807) is 26.0 Å². The van der Waals surface area contributed by atoms with Gasteiger partial charge in [0.1, 0.15) is 17.6 Å². The third-order valence-electron chi connectivity index (χ3n) is 7.38. The molecule has 0 aliphatic carbocycles. The fourth-order valence-electron chi connectivity index (χ4n) is 5.34. The van der Waals surface area contributed by atoms with Crippen molar-refractivity contribution in [3.63, 3.8) is 0 Å². The number of phenolic OH excluding ortho intramolecular Hbond substituents is 1. The third-order valence-corrected chi connectivity index (χ3v) is 7.38. The molecule has 3 N–H and O–H groups in total. The van der Waals surface area contributed by atoms with Gasteiger partial charge in [-0.15, -0.1) is 17.0 Å². The van der Waals surface area contributed by atoms with Crippen LogP contribution in [0, 0.1) is 11.2 Å². The van der Waals surface area contributed by atoms with E-state index in [0.717, 1.165) is 0 Å². The number of amidine groups is 1. The molecule has 10 nitrogen and oxygen atoms in total. The molecule has 2 aliphatic heterocycles. The molecule has 12 heteroatoms. The zero-order chi connectivity index (χ0) is 30.2. The number of aliphatic carboxylic acids is 1. The van der Waals surface area contributed by atoms with Crippen LogP contribution in [0.25, 0.3) is 0 Å². The number of carboxylic acids is 1. The zero-order valence-corrected chi connectivity index (χ0v) is 26.1. The molecule has 228 valence electrons. The van der Waals surface area contributed by atoms with Crippen LogP contribution in [0.3, 0.4) is 0 Å². The number of nitrogens with one attached hydrogen (secondary N) is 1. The number of halogens is 2. The van der Waals surface area contributed by atoms with E-state index >= 15 is 4.39 Å². The van der Waals surface area contributed by atoms with Gasteiger partial charge in [-0.2, -0.15) is 0 Å². The van der Waals surface area contributed by atoms with Crippen molar-refractivity contribution < 1.29 is 38.5 Å². The second-order valence-electron chi connectivity index (χ2n) is 11.2. The van der Waals surface area contributed by atoms with Crippen molar-refractivity contribution in [3.05, 3.63) is 51.8 Å². The van der Waals surface area contributed by atoms with Gasteiger partial charge in [0.25, 0.3) is 0 Å². The summed E-state index contributed by atoms with van der Waals surface area (Å²) in [5.74, 6) is -2.65. The number of amides is 1. The van der Waals surface area contributed by atoms with E-state index in [0.29, 0.717) is 17.7 Å². The van der Waals surface area contributed by atoms with Crippen LogP contribution in [0.5, 0.6) is 17.2 Å². The van der Waals surface area contributed by atoms with Crippen molar-refractivity contribution in [2.45, 2.75) is 72.0 Å². The van der Waals surface area contributed by atoms with E-state index in [9.17, 15) is 24.6 Å².